The number of nitrogens with zero attached hydrogens (tertiary/aromatic N) is 1. The molecule has 0 spiro atoms. The maximum Gasteiger partial charge on any atom is 0.0211 e. The number of hydrogen-bond donors (Lipinski definition) is 2. The Labute approximate surface area is 111 Å². The first-order valence-corrected chi connectivity index (χ1v) is 6.98. The van der Waals surface area contributed by atoms with Gasteiger partial charge in [-0.2, -0.15) is 0 Å². The van der Waals surface area contributed by atoms with Crippen LogP contribution in [0.5, 0.6) is 0 Å². The normalized spacial score (nSPS) is 19.2. The Morgan fingerprint density at radius 3 is 2.65 bits per heavy atom. The summed E-state index contributed by atoms with van der Waals surface area (Å²) in [5, 5.41) is 3.37. The molecule has 3 N–H and O–H groups in total. The van der Waals surface area contributed by atoms with Crippen LogP contribution in [0, 0.1) is 0 Å². The lowest BCUT2D eigenvalue weighted by Crippen LogP contribution is -2.45. The Hall–Kier alpha value is -0.420. The molecule has 1 aliphatic rings. The van der Waals surface area contributed by atoms with Gasteiger partial charge in [-0.3, -0.25) is 0 Å². The summed E-state index contributed by atoms with van der Waals surface area (Å²) in [6.07, 6.45) is 0. The number of hydrogen-bond acceptors (Lipinski definition) is 3. The van der Waals surface area contributed by atoms with E-state index in [1.165, 1.54) is 10.0 Å². The van der Waals surface area contributed by atoms with Gasteiger partial charge in [0.05, 0.1) is 0 Å². The Balaban J connectivity index is 2.03. The summed E-state index contributed by atoms with van der Waals surface area (Å²) >= 11 is 3.62. The zero-order valence-electron chi connectivity index (χ0n) is 10.0. The van der Waals surface area contributed by atoms with Crippen LogP contribution in [0.3, 0.4) is 0 Å². The van der Waals surface area contributed by atoms with Gasteiger partial charge in [0.15, 0.2) is 0 Å². The molecule has 0 radical (unpaired) electrons. The maximum absolute atomic E-state index is 5.93. The van der Waals surface area contributed by atoms with E-state index in [9.17, 15) is 0 Å². The molecule has 1 fully saturated rings. The molecule has 1 aromatic carbocycles. The van der Waals surface area contributed by atoms with E-state index in [0.717, 1.165) is 32.7 Å². The van der Waals surface area contributed by atoms with Crippen molar-refractivity contribution in [2.75, 3.05) is 39.3 Å². The minimum atomic E-state index is 0.420. The maximum atomic E-state index is 5.93. The molecule has 1 atom stereocenters. The summed E-state index contributed by atoms with van der Waals surface area (Å²) in [6.45, 7) is 6.19. The van der Waals surface area contributed by atoms with E-state index in [1.807, 2.05) is 6.07 Å². The summed E-state index contributed by atoms with van der Waals surface area (Å²) in [5.41, 5.74) is 7.26. The van der Waals surface area contributed by atoms with Gasteiger partial charge in [-0.25, -0.2) is 0 Å². The zero-order chi connectivity index (χ0) is 12.1. The molecule has 2 rings (SSSR count). The van der Waals surface area contributed by atoms with Crippen molar-refractivity contribution < 1.29 is 0 Å². The highest BCUT2D eigenvalue weighted by Crippen LogP contribution is 2.25. The van der Waals surface area contributed by atoms with Gasteiger partial charge in [0, 0.05) is 49.7 Å². The smallest absolute Gasteiger partial charge is 0.0211 e. The molecule has 0 aliphatic carbocycles. The Morgan fingerprint density at radius 2 is 2.00 bits per heavy atom. The van der Waals surface area contributed by atoms with Gasteiger partial charge >= 0.3 is 0 Å². The zero-order valence-corrected chi connectivity index (χ0v) is 11.6. The third kappa shape index (κ3) is 3.52. The highest BCUT2D eigenvalue weighted by molar-refractivity contribution is 9.10. The first kappa shape index (κ1) is 13.0. The molecule has 0 aromatic heterocycles. The molecule has 17 heavy (non-hydrogen) atoms. The van der Waals surface area contributed by atoms with Gasteiger partial charge in [0.1, 0.15) is 0 Å². The predicted octanol–water partition coefficient (Wildman–Crippen LogP) is 1.40. The van der Waals surface area contributed by atoms with Crippen molar-refractivity contribution in [3.63, 3.8) is 0 Å². The Kier molecular flexibility index (Phi) is 4.98. The Morgan fingerprint density at radius 1 is 1.29 bits per heavy atom. The molecule has 3 nitrogen and oxygen atoms in total. The average Bonchev–Trinajstić information content (AvgIpc) is 2.38. The van der Waals surface area contributed by atoms with Crippen LogP contribution in [-0.2, 0) is 0 Å². The third-order valence-corrected chi connectivity index (χ3v) is 4.04. The van der Waals surface area contributed by atoms with Gasteiger partial charge in [-0.05, 0) is 11.6 Å². The first-order chi connectivity index (χ1) is 8.31. The molecule has 0 saturated carbocycles. The SMILES string of the molecule is NCC(CN1CCNCC1)c1ccccc1Br. The van der Waals surface area contributed by atoms with E-state index in [-0.39, 0.29) is 0 Å². The van der Waals surface area contributed by atoms with Crippen molar-refractivity contribution in [1.29, 1.82) is 0 Å². The van der Waals surface area contributed by atoms with Crippen LogP contribution in [0.25, 0.3) is 0 Å². The standard InChI is InChI=1S/C13H20BrN3/c14-13-4-2-1-3-12(13)11(9-15)10-17-7-5-16-6-8-17/h1-4,11,16H,5-10,15H2. The fraction of sp³-hybridized carbons (Fsp3) is 0.538. The summed E-state index contributed by atoms with van der Waals surface area (Å²) in [5.74, 6) is 0.420. The molecule has 1 unspecified atom stereocenters. The monoisotopic (exact) mass is 297 g/mol. The van der Waals surface area contributed by atoms with E-state index in [0.29, 0.717) is 12.5 Å². The van der Waals surface area contributed by atoms with Gasteiger partial charge in [-0.1, -0.05) is 34.1 Å². The van der Waals surface area contributed by atoms with Gasteiger partial charge in [0.25, 0.3) is 0 Å². The lowest BCUT2D eigenvalue weighted by atomic mass is 9.98. The topological polar surface area (TPSA) is 41.3 Å². The van der Waals surface area contributed by atoms with Crippen LogP contribution in [0.1, 0.15) is 11.5 Å². The van der Waals surface area contributed by atoms with Crippen molar-refractivity contribution in [2.24, 2.45) is 5.73 Å². The summed E-state index contributed by atoms with van der Waals surface area (Å²) in [6, 6.07) is 8.39. The van der Waals surface area contributed by atoms with Crippen molar-refractivity contribution >= 4 is 15.9 Å². The molecular formula is C13H20BrN3. The molecule has 4 heteroatoms. The molecule has 0 amide bonds. The summed E-state index contributed by atoms with van der Waals surface area (Å²) < 4.78 is 1.17. The van der Waals surface area contributed by atoms with Crippen LogP contribution in [0.4, 0.5) is 0 Å². The Bertz CT molecular complexity index is 350. The first-order valence-electron chi connectivity index (χ1n) is 6.19. The van der Waals surface area contributed by atoms with Crippen LogP contribution in [0.15, 0.2) is 28.7 Å². The number of halogens is 1. The molecule has 1 heterocycles. The minimum Gasteiger partial charge on any atom is -0.330 e. The van der Waals surface area contributed by atoms with Crippen molar-refractivity contribution in [3.8, 4) is 0 Å². The van der Waals surface area contributed by atoms with Crippen molar-refractivity contribution in [2.45, 2.75) is 5.92 Å². The van der Waals surface area contributed by atoms with E-state index in [1.54, 1.807) is 0 Å². The van der Waals surface area contributed by atoms with Crippen LogP contribution in [-0.4, -0.2) is 44.2 Å². The fourth-order valence-corrected chi connectivity index (χ4v) is 2.92. The highest BCUT2D eigenvalue weighted by Gasteiger charge is 2.18. The van der Waals surface area contributed by atoms with Crippen LogP contribution in [0.2, 0.25) is 0 Å². The van der Waals surface area contributed by atoms with Crippen LogP contribution < -0.4 is 11.1 Å². The lowest BCUT2D eigenvalue weighted by Gasteiger charge is -2.31. The largest absolute Gasteiger partial charge is 0.330 e. The number of piperazine rings is 1. The van der Waals surface area contributed by atoms with E-state index >= 15 is 0 Å². The minimum absolute atomic E-state index is 0.420. The number of benzene rings is 1. The molecule has 1 aliphatic heterocycles. The highest BCUT2D eigenvalue weighted by atomic mass is 79.9. The summed E-state index contributed by atoms with van der Waals surface area (Å²) in [7, 11) is 0. The second-order valence-corrected chi connectivity index (χ2v) is 5.36. The van der Waals surface area contributed by atoms with Gasteiger partial charge < -0.3 is 16.0 Å². The van der Waals surface area contributed by atoms with Gasteiger partial charge in [0.2, 0.25) is 0 Å². The molecule has 1 aromatic rings. The fourth-order valence-electron chi connectivity index (χ4n) is 2.31. The van der Waals surface area contributed by atoms with Crippen molar-refractivity contribution in [1.82, 2.24) is 10.2 Å². The molecule has 0 bridgehead atoms. The number of nitrogens with one attached hydrogen (secondary N) is 1. The number of nitrogens with two attached hydrogens (primary N) is 1. The lowest BCUT2D eigenvalue weighted by molar-refractivity contribution is 0.228. The summed E-state index contributed by atoms with van der Waals surface area (Å²) in [4.78, 5) is 2.49. The van der Waals surface area contributed by atoms with Crippen LogP contribution >= 0.6 is 15.9 Å². The van der Waals surface area contributed by atoms with E-state index in [4.69, 9.17) is 5.73 Å². The van der Waals surface area contributed by atoms with Gasteiger partial charge in [-0.15, -0.1) is 0 Å². The molecule has 1 saturated heterocycles. The second kappa shape index (κ2) is 6.50. The predicted molar refractivity (Wildman–Crippen MR) is 75.2 cm³/mol. The average molecular weight is 298 g/mol. The van der Waals surface area contributed by atoms with E-state index in [2.05, 4.69) is 44.3 Å². The molecular weight excluding hydrogens is 278 g/mol. The number of rotatable bonds is 4. The van der Waals surface area contributed by atoms with Crippen molar-refractivity contribution in [3.05, 3.63) is 34.3 Å². The quantitative estimate of drug-likeness (QED) is 0.883. The second-order valence-electron chi connectivity index (χ2n) is 4.50. The van der Waals surface area contributed by atoms with E-state index < -0.39 is 0 Å². The molecule has 94 valence electrons. The third-order valence-electron chi connectivity index (χ3n) is 3.32.